The zero-order valence-corrected chi connectivity index (χ0v) is 25.1. The minimum Gasteiger partial charge on any atom is -0.456 e. The van der Waals surface area contributed by atoms with Crippen molar-refractivity contribution < 1.29 is 4.42 Å². The molecule has 2 heteroatoms. The molecule has 0 bridgehead atoms. The second kappa shape index (κ2) is 10.8. The molecule has 0 aliphatic rings. The van der Waals surface area contributed by atoms with Crippen molar-refractivity contribution in [2.24, 2.45) is 0 Å². The number of fused-ring (bicyclic) bond motifs is 5. The minimum absolute atomic E-state index is 0.921. The van der Waals surface area contributed by atoms with Crippen LogP contribution >= 0.6 is 0 Å². The lowest BCUT2D eigenvalue weighted by atomic mass is 9.99. The molecule has 8 aromatic carbocycles. The van der Waals surface area contributed by atoms with E-state index in [0.29, 0.717) is 0 Å². The van der Waals surface area contributed by atoms with E-state index >= 15 is 0 Å². The number of hydrogen-bond acceptors (Lipinski definition) is 2. The Morgan fingerprint density at radius 3 is 1.83 bits per heavy atom. The van der Waals surface area contributed by atoms with Crippen LogP contribution in [0.5, 0.6) is 0 Å². The molecule has 0 aliphatic carbocycles. The van der Waals surface area contributed by atoms with Crippen molar-refractivity contribution in [3.63, 3.8) is 0 Å². The molecule has 0 saturated carbocycles. The highest BCUT2D eigenvalue weighted by molar-refractivity contribution is 6.10. The van der Waals surface area contributed by atoms with Gasteiger partial charge in [-0.15, -0.1) is 0 Å². The van der Waals surface area contributed by atoms with E-state index in [0.717, 1.165) is 39.0 Å². The number of hydrogen-bond donors (Lipinski definition) is 0. The van der Waals surface area contributed by atoms with Gasteiger partial charge < -0.3 is 9.32 Å². The lowest BCUT2D eigenvalue weighted by Gasteiger charge is -2.26. The molecule has 0 amide bonds. The predicted molar refractivity (Wildman–Crippen MR) is 194 cm³/mol. The molecule has 0 radical (unpaired) electrons. The van der Waals surface area contributed by atoms with Gasteiger partial charge in [-0.25, -0.2) is 0 Å². The fourth-order valence-corrected chi connectivity index (χ4v) is 6.67. The van der Waals surface area contributed by atoms with Crippen molar-refractivity contribution in [3.8, 4) is 22.3 Å². The van der Waals surface area contributed by atoms with E-state index in [1.807, 2.05) is 12.1 Å². The van der Waals surface area contributed by atoms with Gasteiger partial charge in [-0.2, -0.15) is 0 Å². The molecular formula is C44H29NO. The number of para-hydroxylation sites is 1. The zero-order valence-electron chi connectivity index (χ0n) is 25.1. The van der Waals surface area contributed by atoms with Gasteiger partial charge in [-0.05, 0) is 104 Å². The summed E-state index contributed by atoms with van der Waals surface area (Å²) >= 11 is 0. The Morgan fingerprint density at radius 2 is 0.935 bits per heavy atom. The fourth-order valence-electron chi connectivity index (χ4n) is 6.67. The first-order valence-corrected chi connectivity index (χ1v) is 15.7. The van der Waals surface area contributed by atoms with Gasteiger partial charge in [0.1, 0.15) is 11.2 Å². The highest BCUT2D eigenvalue weighted by atomic mass is 16.3. The first-order valence-electron chi connectivity index (χ1n) is 15.7. The van der Waals surface area contributed by atoms with Gasteiger partial charge in [0.2, 0.25) is 0 Å². The first-order chi connectivity index (χ1) is 22.8. The van der Waals surface area contributed by atoms with E-state index in [2.05, 4.69) is 169 Å². The predicted octanol–water partition coefficient (Wildman–Crippen LogP) is 12.7. The number of benzene rings is 8. The Morgan fingerprint density at radius 1 is 0.304 bits per heavy atom. The third kappa shape index (κ3) is 4.60. The molecule has 2 nitrogen and oxygen atoms in total. The van der Waals surface area contributed by atoms with E-state index in [1.54, 1.807) is 0 Å². The SMILES string of the molecule is c1ccc(-c2cccc(N(c3ccc(-c4ccc5cc6c(cc5c4)oc4ccccc46)cc3)c3ccc4ccccc4c3)c2)cc1. The van der Waals surface area contributed by atoms with Crippen LogP contribution in [0.25, 0.3) is 65.7 Å². The number of nitrogens with zero attached hydrogens (tertiary/aromatic N) is 1. The van der Waals surface area contributed by atoms with Gasteiger partial charge in [0.25, 0.3) is 0 Å². The van der Waals surface area contributed by atoms with Crippen LogP contribution in [0, 0.1) is 0 Å². The van der Waals surface area contributed by atoms with Crippen LogP contribution in [0.4, 0.5) is 17.1 Å². The van der Waals surface area contributed by atoms with E-state index < -0.39 is 0 Å². The summed E-state index contributed by atoms with van der Waals surface area (Å²) in [5.74, 6) is 0. The van der Waals surface area contributed by atoms with Crippen molar-refractivity contribution >= 4 is 60.5 Å². The molecule has 0 fully saturated rings. The van der Waals surface area contributed by atoms with Gasteiger partial charge in [-0.1, -0.05) is 115 Å². The summed E-state index contributed by atoms with van der Waals surface area (Å²) in [6.07, 6.45) is 0. The Kier molecular flexibility index (Phi) is 6.17. The summed E-state index contributed by atoms with van der Waals surface area (Å²) < 4.78 is 6.19. The summed E-state index contributed by atoms with van der Waals surface area (Å²) in [4.78, 5) is 2.35. The molecule has 0 aliphatic heterocycles. The van der Waals surface area contributed by atoms with Crippen LogP contribution < -0.4 is 4.90 Å². The number of rotatable bonds is 5. The van der Waals surface area contributed by atoms with Gasteiger partial charge in [0.15, 0.2) is 0 Å². The standard InChI is InChI=1S/C44H29NO/c1-2-9-30(10-3-1)34-13-8-14-39(26-34)45(40-24-21-31-11-4-5-12-33(31)27-40)38-22-19-32(20-23-38)35-17-18-36-28-42-41-15-6-7-16-43(41)46-44(42)29-37(36)25-35/h1-29H. The molecule has 0 saturated heterocycles. The fraction of sp³-hybridized carbons (Fsp3) is 0. The number of furan rings is 1. The summed E-state index contributed by atoms with van der Waals surface area (Å²) in [5, 5.41) is 7.14. The second-order valence-electron chi connectivity index (χ2n) is 11.8. The van der Waals surface area contributed by atoms with Crippen LogP contribution in [0.1, 0.15) is 0 Å². The Hall–Kier alpha value is -6.12. The molecule has 216 valence electrons. The Balaban J connectivity index is 1.13. The largest absolute Gasteiger partial charge is 0.456 e. The van der Waals surface area contributed by atoms with Crippen molar-refractivity contribution in [1.29, 1.82) is 0 Å². The normalized spacial score (nSPS) is 11.5. The van der Waals surface area contributed by atoms with Crippen LogP contribution in [0.15, 0.2) is 180 Å². The lowest BCUT2D eigenvalue weighted by Crippen LogP contribution is -2.10. The van der Waals surface area contributed by atoms with Crippen LogP contribution in [-0.2, 0) is 0 Å². The first kappa shape index (κ1) is 26.3. The minimum atomic E-state index is 0.921. The Bertz CT molecular complexity index is 2530. The molecule has 1 heterocycles. The van der Waals surface area contributed by atoms with Gasteiger partial charge >= 0.3 is 0 Å². The highest BCUT2D eigenvalue weighted by Crippen LogP contribution is 2.39. The van der Waals surface area contributed by atoms with E-state index in [4.69, 9.17) is 4.42 Å². The van der Waals surface area contributed by atoms with Crippen molar-refractivity contribution in [2.75, 3.05) is 4.90 Å². The molecule has 0 unspecified atom stereocenters. The third-order valence-corrected chi connectivity index (χ3v) is 9.00. The summed E-state index contributed by atoms with van der Waals surface area (Å²) in [5.41, 5.74) is 9.93. The van der Waals surface area contributed by atoms with E-state index in [9.17, 15) is 0 Å². The molecule has 9 aromatic rings. The average Bonchev–Trinajstić information content (AvgIpc) is 3.48. The quantitative estimate of drug-likeness (QED) is 0.199. The van der Waals surface area contributed by atoms with E-state index in [-0.39, 0.29) is 0 Å². The average molecular weight is 588 g/mol. The number of anilines is 3. The molecule has 46 heavy (non-hydrogen) atoms. The second-order valence-corrected chi connectivity index (χ2v) is 11.8. The molecule has 9 rings (SSSR count). The zero-order chi connectivity index (χ0) is 30.5. The summed E-state index contributed by atoms with van der Waals surface area (Å²) in [7, 11) is 0. The maximum absolute atomic E-state index is 6.19. The molecule has 0 N–H and O–H groups in total. The van der Waals surface area contributed by atoms with Gasteiger partial charge in [0, 0.05) is 27.8 Å². The van der Waals surface area contributed by atoms with Crippen molar-refractivity contribution in [1.82, 2.24) is 0 Å². The van der Waals surface area contributed by atoms with Crippen molar-refractivity contribution in [2.45, 2.75) is 0 Å². The molecule has 1 aromatic heterocycles. The summed E-state index contributed by atoms with van der Waals surface area (Å²) in [6, 6.07) is 62.9. The van der Waals surface area contributed by atoms with Crippen LogP contribution in [0.3, 0.4) is 0 Å². The maximum Gasteiger partial charge on any atom is 0.136 e. The summed E-state index contributed by atoms with van der Waals surface area (Å²) in [6.45, 7) is 0. The van der Waals surface area contributed by atoms with E-state index in [1.165, 1.54) is 43.8 Å². The topological polar surface area (TPSA) is 16.4 Å². The maximum atomic E-state index is 6.19. The third-order valence-electron chi connectivity index (χ3n) is 9.00. The smallest absolute Gasteiger partial charge is 0.136 e. The molecular weight excluding hydrogens is 558 g/mol. The van der Waals surface area contributed by atoms with Gasteiger partial charge in [0.05, 0.1) is 0 Å². The highest BCUT2D eigenvalue weighted by Gasteiger charge is 2.15. The lowest BCUT2D eigenvalue weighted by molar-refractivity contribution is 0.669. The molecule has 0 atom stereocenters. The van der Waals surface area contributed by atoms with Crippen LogP contribution in [-0.4, -0.2) is 0 Å². The van der Waals surface area contributed by atoms with Gasteiger partial charge in [-0.3, -0.25) is 0 Å². The van der Waals surface area contributed by atoms with Crippen molar-refractivity contribution in [3.05, 3.63) is 176 Å². The van der Waals surface area contributed by atoms with Crippen LogP contribution in [0.2, 0.25) is 0 Å². The monoisotopic (exact) mass is 587 g/mol. The molecule has 0 spiro atoms. The Labute approximate surface area is 267 Å².